The number of halogens is 4. The van der Waals surface area contributed by atoms with Gasteiger partial charge in [0.1, 0.15) is 6.54 Å². The Hall–Kier alpha value is -2.74. The average molecular weight is 592 g/mol. The largest absolute Gasteiger partial charge is 0.504 e. The number of carbonyl (C=O) groups excluding carboxylic acids is 3. The number of nitrogens with zero attached hydrogens (tertiary/aromatic N) is 1. The molecule has 7 nitrogen and oxygen atoms in total. The van der Waals surface area contributed by atoms with E-state index in [1.54, 1.807) is 13.0 Å². The van der Waals surface area contributed by atoms with Crippen LogP contribution in [0.1, 0.15) is 18.1 Å². The predicted octanol–water partition coefficient (Wildman–Crippen LogP) is 5.09. The number of nitrogens with one attached hydrogen (secondary N) is 1. The number of imide groups is 1. The molecular weight excluding hydrogens is 576 g/mol. The summed E-state index contributed by atoms with van der Waals surface area (Å²) in [6.45, 7) is 1.40. The van der Waals surface area contributed by atoms with E-state index in [-0.39, 0.29) is 22.1 Å². The van der Waals surface area contributed by atoms with Crippen LogP contribution >= 0.6 is 34.4 Å². The van der Waals surface area contributed by atoms with Crippen molar-refractivity contribution in [3.8, 4) is 11.5 Å². The van der Waals surface area contributed by atoms with E-state index >= 15 is 0 Å². The second-order valence-electron chi connectivity index (χ2n) is 6.68. The molecule has 12 heteroatoms. The van der Waals surface area contributed by atoms with Crippen LogP contribution in [0, 0.1) is 3.57 Å². The van der Waals surface area contributed by atoms with Crippen LogP contribution < -0.4 is 10.1 Å². The lowest BCUT2D eigenvalue weighted by Gasteiger charge is -2.13. The van der Waals surface area contributed by atoms with Crippen LogP contribution in [0.5, 0.6) is 11.5 Å². The summed E-state index contributed by atoms with van der Waals surface area (Å²) in [7, 11) is 0. The van der Waals surface area contributed by atoms with Gasteiger partial charge in [-0.05, 0) is 83.2 Å². The fourth-order valence-corrected chi connectivity index (χ4v) is 4.31. The molecule has 0 spiro atoms. The first kappa shape index (κ1) is 24.9. The fraction of sp³-hybridized carbons (Fsp3) is 0.190. The van der Waals surface area contributed by atoms with Crippen LogP contribution in [0.25, 0.3) is 6.08 Å². The molecule has 0 aliphatic carbocycles. The minimum Gasteiger partial charge on any atom is -0.504 e. The second-order valence-corrected chi connectivity index (χ2v) is 8.83. The van der Waals surface area contributed by atoms with Gasteiger partial charge in [-0.25, -0.2) is 0 Å². The number of benzene rings is 2. The van der Waals surface area contributed by atoms with Crippen LogP contribution in [0.4, 0.5) is 23.7 Å². The van der Waals surface area contributed by atoms with E-state index in [4.69, 9.17) is 4.74 Å². The van der Waals surface area contributed by atoms with E-state index in [2.05, 4.69) is 5.32 Å². The maximum atomic E-state index is 12.8. The molecule has 3 amide bonds. The zero-order valence-corrected chi connectivity index (χ0v) is 19.9. The molecule has 2 aromatic rings. The van der Waals surface area contributed by atoms with Gasteiger partial charge >= 0.3 is 6.18 Å². The summed E-state index contributed by atoms with van der Waals surface area (Å²) >= 11 is 2.52. The Morgan fingerprint density at radius 3 is 2.67 bits per heavy atom. The Bertz CT molecular complexity index is 1150. The number of anilines is 1. The molecule has 0 radical (unpaired) electrons. The van der Waals surface area contributed by atoms with Crippen molar-refractivity contribution in [2.75, 3.05) is 18.5 Å². The van der Waals surface area contributed by atoms with Crippen molar-refractivity contribution in [1.82, 2.24) is 4.90 Å². The molecule has 0 bridgehead atoms. The van der Waals surface area contributed by atoms with E-state index in [1.165, 1.54) is 18.2 Å². The molecule has 2 aromatic carbocycles. The van der Waals surface area contributed by atoms with E-state index < -0.39 is 35.3 Å². The van der Waals surface area contributed by atoms with Crippen molar-refractivity contribution >= 4 is 63.2 Å². The summed E-state index contributed by atoms with van der Waals surface area (Å²) in [6.07, 6.45) is -3.15. The number of alkyl halides is 3. The van der Waals surface area contributed by atoms with Gasteiger partial charge in [0.25, 0.3) is 11.1 Å². The van der Waals surface area contributed by atoms with Crippen molar-refractivity contribution in [2.45, 2.75) is 13.1 Å². The maximum absolute atomic E-state index is 12.8. The van der Waals surface area contributed by atoms with Crippen LogP contribution in [0.15, 0.2) is 41.3 Å². The second kappa shape index (κ2) is 10.0. The highest BCUT2D eigenvalue weighted by Crippen LogP contribution is 2.36. The van der Waals surface area contributed by atoms with Crippen LogP contribution in [-0.2, 0) is 15.8 Å². The smallest absolute Gasteiger partial charge is 0.416 e. The van der Waals surface area contributed by atoms with Crippen molar-refractivity contribution in [2.24, 2.45) is 0 Å². The Morgan fingerprint density at radius 2 is 2.00 bits per heavy atom. The van der Waals surface area contributed by atoms with Gasteiger partial charge in [0, 0.05) is 5.69 Å². The molecule has 174 valence electrons. The summed E-state index contributed by atoms with van der Waals surface area (Å²) in [6, 6.07) is 7.12. The maximum Gasteiger partial charge on any atom is 0.416 e. The molecule has 33 heavy (non-hydrogen) atoms. The van der Waals surface area contributed by atoms with Gasteiger partial charge in [-0.15, -0.1) is 0 Å². The SMILES string of the molecule is CCOc1cc(/C=C2\SC(=O)N(CC(=O)Nc3cccc(C(F)(F)F)c3)C2=O)cc(I)c1O. The molecule has 1 fully saturated rings. The molecule has 1 saturated heterocycles. The number of thioether (sulfide) groups is 1. The van der Waals surface area contributed by atoms with Crippen molar-refractivity contribution < 1.29 is 37.4 Å². The third-order valence-corrected chi connectivity index (χ3v) is 6.03. The van der Waals surface area contributed by atoms with Gasteiger partial charge in [-0.3, -0.25) is 19.3 Å². The van der Waals surface area contributed by atoms with Crippen molar-refractivity contribution in [3.63, 3.8) is 0 Å². The number of hydrogen-bond donors (Lipinski definition) is 2. The fourth-order valence-electron chi connectivity index (χ4n) is 2.85. The normalized spacial score (nSPS) is 15.3. The first-order chi connectivity index (χ1) is 15.5. The first-order valence-corrected chi connectivity index (χ1v) is 11.3. The molecule has 0 aromatic heterocycles. The summed E-state index contributed by atoms with van der Waals surface area (Å²) in [5.74, 6) is -1.37. The van der Waals surface area contributed by atoms with Crippen molar-refractivity contribution in [3.05, 3.63) is 56.0 Å². The van der Waals surface area contributed by atoms with Crippen LogP contribution in [-0.4, -0.2) is 40.2 Å². The van der Waals surface area contributed by atoms with E-state index in [0.717, 1.165) is 18.2 Å². The van der Waals surface area contributed by atoms with Gasteiger partial charge in [-0.1, -0.05) is 6.07 Å². The lowest BCUT2D eigenvalue weighted by Crippen LogP contribution is -2.36. The minimum atomic E-state index is -4.58. The van der Waals surface area contributed by atoms with Gasteiger partial charge in [0.05, 0.1) is 20.6 Å². The molecule has 0 atom stereocenters. The molecule has 0 saturated carbocycles. The Balaban J connectivity index is 1.74. The highest BCUT2D eigenvalue weighted by Gasteiger charge is 2.36. The number of amides is 3. The number of carbonyl (C=O) groups is 3. The zero-order valence-electron chi connectivity index (χ0n) is 16.9. The molecule has 1 heterocycles. The van der Waals surface area contributed by atoms with Gasteiger partial charge in [0.2, 0.25) is 5.91 Å². The molecule has 3 rings (SSSR count). The number of aromatic hydroxyl groups is 1. The van der Waals surface area contributed by atoms with Gasteiger partial charge in [-0.2, -0.15) is 13.2 Å². The zero-order chi connectivity index (χ0) is 24.3. The molecule has 1 aliphatic rings. The van der Waals surface area contributed by atoms with E-state index in [9.17, 15) is 32.7 Å². The van der Waals surface area contributed by atoms with Gasteiger partial charge < -0.3 is 15.2 Å². The number of phenols is 1. The summed E-state index contributed by atoms with van der Waals surface area (Å²) in [5.41, 5.74) is -0.552. The number of hydrogen-bond acceptors (Lipinski definition) is 6. The monoisotopic (exact) mass is 592 g/mol. The number of phenolic OH excluding ortho intramolecular Hbond substituents is 1. The highest BCUT2D eigenvalue weighted by atomic mass is 127. The molecule has 2 N–H and O–H groups in total. The Morgan fingerprint density at radius 1 is 1.27 bits per heavy atom. The van der Waals surface area contributed by atoms with E-state index in [0.29, 0.717) is 32.4 Å². The lowest BCUT2D eigenvalue weighted by molar-refractivity contribution is -0.137. The molecule has 0 unspecified atom stereocenters. The minimum absolute atomic E-state index is 0.0473. The summed E-state index contributed by atoms with van der Waals surface area (Å²) in [4.78, 5) is 38.0. The van der Waals surface area contributed by atoms with Crippen molar-refractivity contribution in [1.29, 1.82) is 0 Å². The lowest BCUT2D eigenvalue weighted by atomic mass is 10.2. The molecule has 1 aliphatic heterocycles. The number of rotatable bonds is 6. The highest BCUT2D eigenvalue weighted by molar-refractivity contribution is 14.1. The number of ether oxygens (including phenoxy) is 1. The van der Waals surface area contributed by atoms with Crippen LogP contribution in [0.3, 0.4) is 0 Å². The first-order valence-electron chi connectivity index (χ1n) is 9.37. The average Bonchev–Trinajstić information content (AvgIpc) is 2.98. The van der Waals surface area contributed by atoms with Gasteiger partial charge in [0.15, 0.2) is 11.5 Å². The van der Waals surface area contributed by atoms with Crippen LogP contribution in [0.2, 0.25) is 0 Å². The third kappa shape index (κ3) is 5.99. The third-order valence-electron chi connectivity index (χ3n) is 4.30. The summed E-state index contributed by atoms with van der Waals surface area (Å²) < 4.78 is 44.3. The standard InChI is InChI=1S/C21H16F3IN2O5S/c1-2-32-15-7-11(6-14(25)18(15)29)8-16-19(30)27(20(31)33-16)10-17(28)26-13-5-3-4-12(9-13)21(22,23)24/h3-9,29H,2,10H2,1H3,(H,26,28)/b16-8-. The Labute approximate surface area is 204 Å². The topological polar surface area (TPSA) is 95.9 Å². The quantitative estimate of drug-likeness (QED) is 0.359. The predicted molar refractivity (Wildman–Crippen MR) is 125 cm³/mol. The van der Waals surface area contributed by atoms with E-state index in [1.807, 2.05) is 22.6 Å². The summed E-state index contributed by atoms with van der Waals surface area (Å²) in [5, 5.41) is 11.6. The molecular formula is C21H16F3IN2O5S. The Kier molecular flexibility index (Phi) is 7.57.